The Hall–Kier alpha value is -5.06. The first-order chi connectivity index (χ1) is 22.0. The molecule has 226 valence electrons. The van der Waals surface area contributed by atoms with Gasteiger partial charge in [0.05, 0.1) is 35.1 Å². The summed E-state index contributed by atoms with van der Waals surface area (Å²) in [5.41, 5.74) is 3.97. The number of nitrogens with one attached hydrogen (secondary N) is 1. The van der Waals surface area contributed by atoms with Crippen molar-refractivity contribution in [2.45, 2.75) is 19.5 Å². The van der Waals surface area contributed by atoms with Gasteiger partial charge in [-0.3, -0.25) is 19.0 Å². The van der Waals surface area contributed by atoms with Crippen molar-refractivity contribution >= 4 is 45.8 Å². The molecule has 7 rings (SSSR count). The number of hydrogen-bond donors (Lipinski definition) is 1. The number of thiazole rings is 1. The van der Waals surface area contributed by atoms with Gasteiger partial charge >= 0.3 is 0 Å². The molecule has 0 radical (unpaired) electrons. The van der Waals surface area contributed by atoms with Crippen LogP contribution in [0.2, 0.25) is 0 Å². The maximum absolute atomic E-state index is 14.2. The highest BCUT2D eigenvalue weighted by Crippen LogP contribution is 2.31. The first kappa shape index (κ1) is 28.7. The van der Waals surface area contributed by atoms with E-state index in [2.05, 4.69) is 5.32 Å². The van der Waals surface area contributed by atoms with Crippen LogP contribution in [-0.2, 0) is 20.9 Å². The Kier molecular flexibility index (Phi) is 7.74. The smallest absolute Gasteiger partial charge is 0.271 e. The van der Waals surface area contributed by atoms with Crippen molar-refractivity contribution in [3.63, 3.8) is 0 Å². The normalized spacial score (nSPS) is 16.9. The van der Waals surface area contributed by atoms with Gasteiger partial charge < -0.3 is 19.5 Å². The highest BCUT2D eigenvalue weighted by molar-refractivity contribution is 7.07. The highest BCUT2D eigenvalue weighted by Gasteiger charge is 2.32. The quantitative estimate of drug-likeness (QED) is 0.314. The molecule has 0 spiro atoms. The molecule has 2 aromatic heterocycles. The Morgan fingerprint density at radius 3 is 2.42 bits per heavy atom. The fraction of sp³-hybridized carbons (Fsp3) is 0.200. The van der Waals surface area contributed by atoms with E-state index in [0.717, 1.165) is 22.0 Å². The molecule has 3 aromatic carbocycles. The molecule has 9 nitrogen and oxygen atoms in total. The van der Waals surface area contributed by atoms with Gasteiger partial charge in [0, 0.05) is 41.4 Å². The molecule has 5 aromatic rings. The van der Waals surface area contributed by atoms with Crippen molar-refractivity contribution in [1.29, 1.82) is 0 Å². The Balaban J connectivity index is 1.31. The zero-order valence-corrected chi connectivity index (χ0v) is 25.5. The average Bonchev–Trinajstić information content (AvgIpc) is 3.57. The van der Waals surface area contributed by atoms with Crippen molar-refractivity contribution in [2.24, 2.45) is 4.99 Å². The number of allylic oxidation sites excluding steroid dienone is 1. The molecule has 45 heavy (non-hydrogen) atoms. The van der Waals surface area contributed by atoms with E-state index in [1.54, 1.807) is 4.57 Å². The second-order valence-electron chi connectivity index (χ2n) is 11.0. The lowest BCUT2D eigenvalue weighted by Crippen LogP contribution is -2.42. The van der Waals surface area contributed by atoms with Crippen LogP contribution in [0.4, 0.5) is 5.69 Å². The molecule has 0 saturated carbocycles. The van der Waals surface area contributed by atoms with Gasteiger partial charge in [-0.05, 0) is 36.8 Å². The van der Waals surface area contributed by atoms with Gasteiger partial charge in [0.15, 0.2) is 4.80 Å². The Bertz CT molecular complexity index is 2120. The van der Waals surface area contributed by atoms with E-state index in [9.17, 15) is 14.4 Å². The molecule has 0 unspecified atom stereocenters. The number of hydrogen-bond acceptors (Lipinski definition) is 6. The minimum atomic E-state index is -0.652. The topological polar surface area (TPSA) is 97.9 Å². The SMILES string of the molecule is CC1=C(C(=O)Nc2ccccc2)[C@@H](c2ccccc2)n2c(s/c(=C/c3cn(CC(=O)N4CCOCC4)c4ccccc34)c2=O)=N1. The first-order valence-corrected chi connectivity index (χ1v) is 15.7. The number of aromatic nitrogens is 2. The molecular formula is C35H31N5O4S. The van der Waals surface area contributed by atoms with Gasteiger partial charge in [-0.15, -0.1) is 0 Å². The monoisotopic (exact) mass is 617 g/mol. The molecule has 1 N–H and O–H groups in total. The van der Waals surface area contributed by atoms with Gasteiger partial charge in [-0.1, -0.05) is 78.1 Å². The maximum Gasteiger partial charge on any atom is 0.271 e. The third-order valence-electron chi connectivity index (χ3n) is 8.19. The Morgan fingerprint density at radius 1 is 0.978 bits per heavy atom. The number of morpholine rings is 1. The summed E-state index contributed by atoms with van der Waals surface area (Å²) in [5.74, 6) is -0.275. The zero-order chi connectivity index (χ0) is 30.9. The van der Waals surface area contributed by atoms with E-state index in [4.69, 9.17) is 9.73 Å². The van der Waals surface area contributed by atoms with Gasteiger partial charge in [0.25, 0.3) is 11.5 Å². The number of nitrogens with zero attached hydrogens (tertiary/aromatic N) is 4. The van der Waals surface area contributed by atoms with E-state index in [0.29, 0.717) is 52.6 Å². The van der Waals surface area contributed by atoms with Crippen LogP contribution in [0.15, 0.2) is 112 Å². The Morgan fingerprint density at radius 2 is 1.67 bits per heavy atom. The fourth-order valence-electron chi connectivity index (χ4n) is 6.00. The number of carbonyl (C=O) groups excluding carboxylic acids is 2. The summed E-state index contributed by atoms with van der Waals surface area (Å²) in [6.07, 6.45) is 3.80. The second-order valence-corrected chi connectivity index (χ2v) is 12.0. The summed E-state index contributed by atoms with van der Waals surface area (Å²) in [5, 5.41) is 3.92. The van der Waals surface area contributed by atoms with E-state index in [1.165, 1.54) is 11.3 Å². The van der Waals surface area contributed by atoms with Crippen molar-refractivity contribution in [3.8, 4) is 0 Å². The number of amides is 2. The van der Waals surface area contributed by atoms with Crippen molar-refractivity contribution < 1.29 is 14.3 Å². The molecule has 0 aliphatic carbocycles. The van der Waals surface area contributed by atoms with E-state index in [1.807, 2.05) is 114 Å². The lowest BCUT2D eigenvalue weighted by Gasteiger charge is -2.27. The molecule has 1 saturated heterocycles. The van der Waals surface area contributed by atoms with Crippen LogP contribution in [0.1, 0.15) is 24.1 Å². The summed E-state index contributed by atoms with van der Waals surface area (Å²) >= 11 is 1.30. The van der Waals surface area contributed by atoms with Crippen molar-refractivity contribution in [3.05, 3.63) is 133 Å². The van der Waals surface area contributed by atoms with Crippen LogP contribution >= 0.6 is 11.3 Å². The third-order valence-corrected chi connectivity index (χ3v) is 9.17. The largest absolute Gasteiger partial charge is 0.378 e. The molecule has 2 aliphatic heterocycles. The minimum Gasteiger partial charge on any atom is -0.378 e. The molecular weight excluding hydrogens is 586 g/mol. The van der Waals surface area contributed by atoms with E-state index >= 15 is 0 Å². The maximum atomic E-state index is 14.2. The number of anilines is 1. The molecule has 2 aliphatic rings. The zero-order valence-electron chi connectivity index (χ0n) is 24.7. The summed E-state index contributed by atoms with van der Waals surface area (Å²) < 4.78 is 9.47. The van der Waals surface area contributed by atoms with Crippen molar-refractivity contribution in [2.75, 3.05) is 31.6 Å². The second kappa shape index (κ2) is 12.1. The van der Waals surface area contributed by atoms with Gasteiger partial charge in [0.2, 0.25) is 5.91 Å². The molecule has 1 atom stereocenters. The van der Waals surface area contributed by atoms with Crippen LogP contribution in [0.5, 0.6) is 0 Å². The lowest BCUT2D eigenvalue weighted by atomic mass is 9.95. The number of ether oxygens (including phenoxy) is 1. The van der Waals surface area contributed by atoms with Gasteiger partial charge in [-0.25, -0.2) is 4.99 Å². The number of benzene rings is 3. The number of carbonyl (C=O) groups is 2. The fourth-order valence-corrected chi connectivity index (χ4v) is 7.04. The Labute approximate surface area is 263 Å². The molecule has 2 amide bonds. The predicted octanol–water partition coefficient (Wildman–Crippen LogP) is 3.69. The van der Waals surface area contributed by atoms with Crippen LogP contribution in [0.3, 0.4) is 0 Å². The summed E-state index contributed by atoms with van der Waals surface area (Å²) in [7, 11) is 0. The summed E-state index contributed by atoms with van der Waals surface area (Å²) in [6, 6.07) is 26.0. The van der Waals surface area contributed by atoms with Crippen molar-refractivity contribution in [1.82, 2.24) is 14.0 Å². The highest BCUT2D eigenvalue weighted by atomic mass is 32.1. The average molecular weight is 618 g/mol. The number of fused-ring (bicyclic) bond motifs is 2. The van der Waals surface area contributed by atoms with Crippen LogP contribution in [0, 0.1) is 0 Å². The number of rotatable bonds is 6. The lowest BCUT2D eigenvalue weighted by molar-refractivity contribution is -0.135. The first-order valence-electron chi connectivity index (χ1n) is 14.9. The third kappa shape index (κ3) is 5.54. The van der Waals surface area contributed by atoms with E-state index < -0.39 is 6.04 Å². The van der Waals surface area contributed by atoms with Crippen LogP contribution in [0.25, 0.3) is 17.0 Å². The van der Waals surface area contributed by atoms with Crippen LogP contribution in [-0.4, -0.2) is 52.2 Å². The van der Waals surface area contributed by atoms with Crippen LogP contribution < -0.4 is 20.2 Å². The summed E-state index contributed by atoms with van der Waals surface area (Å²) in [6.45, 7) is 4.26. The van der Waals surface area contributed by atoms with Gasteiger partial charge in [0.1, 0.15) is 6.54 Å². The molecule has 0 bridgehead atoms. The molecule has 4 heterocycles. The van der Waals surface area contributed by atoms with Gasteiger partial charge in [-0.2, -0.15) is 0 Å². The summed E-state index contributed by atoms with van der Waals surface area (Å²) in [4.78, 5) is 48.2. The predicted molar refractivity (Wildman–Crippen MR) is 175 cm³/mol. The minimum absolute atomic E-state index is 0.0321. The standard InChI is InChI=1S/C35H31N5O4S/c1-23-31(33(42)37-26-12-6-3-7-13-26)32(24-10-4-2-5-11-24)40-34(43)29(45-35(40)36-23)20-25-21-39(28-15-9-8-14-27(25)28)22-30(41)38-16-18-44-19-17-38/h2-15,20-21,32H,16-19,22H2,1H3,(H,37,42)/b29-20+/t32-/m1/s1. The molecule has 10 heteroatoms. The van der Waals surface area contributed by atoms with E-state index in [-0.39, 0.29) is 23.9 Å². The molecule has 1 fully saturated rings. The number of para-hydroxylation sites is 2.